The van der Waals surface area contributed by atoms with Crippen LogP contribution in [0.2, 0.25) is 0 Å². The smallest absolute Gasteiger partial charge is 0.389 e. The van der Waals surface area contributed by atoms with Gasteiger partial charge in [0.25, 0.3) is 0 Å². The second-order valence-electron chi connectivity index (χ2n) is 5.09. The number of carbonyl (C=O) groups is 1. The molecule has 0 bridgehead atoms. The molecule has 0 saturated heterocycles. The standard InChI is InChI=1S/C15H27F3O2S/c1-3-5-6-9-13(14(19)20-11-4-2)21-12-8-7-10-15(16,17)18/h13H,3-12H2,1-2H3. The van der Waals surface area contributed by atoms with Crippen LogP contribution in [0.5, 0.6) is 0 Å². The van der Waals surface area contributed by atoms with Crippen molar-refractivity contribution in [2.24, 2.45) is 0 Å². The van der Waals surface area contributed by atoms with Crippen molar-refractivity contribution in [3.63, 3.8) is 0 Å². The Morgan fingerprint density at radius 1 is 1.10 bits per heavy atom. The van der Waals surface area contributed by atoms with Crippen LogP contribution in [0, 0.1) is 0 Å². The highest BCUT2D eigenvalue weighted by Crippen LogP contribution is 2.25. The Hall–Kier alpha value is -0.390. The third-order valence-electron chi connectivity index (χ3n) is 2.95. The summed E-state index contributed by atoms with van der Waals surface area (Å²) in [5.41, 5.74) is 0. The Labute approximate surface area is 130 Å². The van der Waals surface area contributed by atoms with E-state index in [1.165, 1.54) is 11.8 Å². The zero-order valence-corrected chi connectivity index (χ0v) is 13.8. The minimum absolute atomic E-state index is 0.127. The molecule has 0 spiro atoms. The number of esters is 1. The zero-order valence-electron chi connectivity index (χ0n) is 13.0. The van der Waals surface area contributed by atoms with Gasteiger partial charge in [0, 0.05) is 6.42 Å². The lowest BCUT2D eigenvalue weighted by Crippen LogP contribution is -2.21. The summed E-state index contributed by atoms with van der Waals surface area (Å²) in [7, 11) is 0. The van der Waals surface area contributed by atoms with Crippen LogP contribution in [-0.2, 0) is 9.53 Å². The maximum atomic E-state index is 12.0. The SMILES string of the molecule is CCCCCC(SCCCCC(F)(F)F)C(=O)OCCC. The van der Waals surface area contributed by atoms with Crippen molar-refractivity contribution < 1.29 is 22.7 Å². The molecule has 0 aromatic heterocycles. The number of thioether (sulfide) groups is 1. The van der Waals surface area contributed by atoms with Gasteiger partial charge in [0.1, 0.15) is 5.25 Å². The van der Waals surface area contributed by atoms with E-state index in [4.69, 9.17) is 4.74 Å². The summed E-state index contributed by atoms with van der Waals surface area (Å²) in [5.74, 6) is 0.363. The molecule has 1 unspecified atom stereocenters. The minimum atomic E-state index is -4.08. The highest BCUT2D eigenvalue weighted by atomic mass is 32.2. The molecule has 0 N–H and O–H groups in total. The lowest BCUT2D eigenvalue weighted by molar-refractivity contribution is -0.143. The van der Waals surface area contributed by atoms with Crippen molar-refractivity contribution in [3.05, 3.63) is 0 Å². The van der Waals surface area contributed by atoms with E-state index >= 15 is 0 Å². The number of unbranched alkanes of at least 4 members (excludes halogenated alkanes) is 3. The third-order valence-corrected chi connectivity index (χ3v) is 4.31. The van der Waals surface area contributed by atoms with E-state index in [9.17, 15) is 18.0 Å². The number of rotatable bonds is 12. The van der Waals surface area contributed by atoms with Crippen molar-refractivity contribution in [2.45, 2.75) is 76.6 Å². The number of hydrogen-bond acceptors (Lipinski definition) is 3. The number of carbonyl (C=O) groups excluding carboxylic acids is 1. The Morgan fingerprint density at radius 2 is 1.81 bits per heavy atom. The Bertz CT molecular complexity index is 270. The van der Waals surface area contributed by atoms with Crippen molar-refractivity contribution in [1.82, 2.24) is 0 Å². The molecular formula is C15H27F3O2S. The zero-order chi connectivity index (χ0) is 16.1. The molecule has 1 atom stereocenters. The van der Waals surface area contributed by atoms with Gasteiger partial charge in [-0.05, 0) is 31.4 Å². The van der Waals surface area contributed by atoms with Gasteiger partial charge in [-0.15, -0.1) is 11.8 Å². The van der Waals surface area contributed by atoms with E-state index in [1.807, 2.05) is 6.92 Å². The van der Waals surface area contributed by atoms with Crippen molar-refractivity contribution in [2.75, 3.05) is 12.4 Å². The first kappa shape index (κ1) is 20.6. The quantitative estimate of drug-likeness (QED) is 0.356. The summed E-state index contributed by atoms with van der Waals surface area (Å²) in [6.45, 7) is 4.44. The average Bonchev–Trinajstić information content (AvgIpc) is 2.41. The van der Waals surface area contributed by atoms with Gasteiger partial charge < -0.3 is 4.74 Å². The molecule has 2 nitrogen and oxygen atoms in total. The molecular weight excluding hydrogens is 301 g/mol. The highest BCUT2D eigenvalue weighted by Gasteiger charge is 2.26. The summed E-state index contributed by atoms with van der Waals surface area (Å²) in [6.07, 6.45) is 0.415. The number of hydrogen-bond donors (Lipinski definition) is 0. The van der Waals surface area contributed by atoms with Gasteiger partial charge in [-0.1, -0.05) is 33.1 Å². The summed E-state index contributed by atoms with van der Waals surface area (Å²) in [5, 5.41) is -0.228. The van der Waals surface area contributed by atoms with E-state index in [0.717, 1.165) is 32.1 Å². The fraction of sp³-hybridized carbons (Fsp3) is 0.933. The molecule has 0 aromatic rings. The normalized spacial score (nSPS) is 13.2. The molecule has 0 aromatic carbocycles. The van der Waals surface area contributed by atoms with Crippen LogP contribution in [0.15, 0.2) is 0 Å². The van der Waals surface area contributed by atoms with Gasteiger partial charge in [-0.25, -0.2) is 0 Å². The molecule has 126 valence electrons. The molecule has 0 amide bonds. The molecule has 0 aliphatic heterocycles. The van der Waals surface area contributed by atoms with Gasteiger partial charge >= 0.3 is 12.1 Å². The largest absolute Gasteiger partial charge is 0.465 e. The molecule has 0 heterocycles. The third kappa shape index (κ3) is 13.0. The maximum absolute atomic E-state index is 12.0. The topological polar surface area (TPSA) is 26.3 Å². The van der Waals surface area contributed by atoms with Crippen LogP contribution in [0.3, 0.4) is 0 Å². The van der Waals surface area contributed by atoms with Crippen LogP contribution in [0.25, 0.3) is 0 Å². The van der Waals surface area contributed by atoms with E-state index in [2.05, 4.69) is 6.92 Å². The molecule has 0 radical (unpaired) electrons. The monoisotopic (exact) mass is 328 g/mol. The molecule has 0 rings (SSSR count). The summed E-state index contributed by atoms with van der Waals surface area (Å²) in [6, 6.07) is 0. The summed E-state index contributed by atoms with van der Waals surface area (Å²) < 4.78 is 41.3. The minimum Gasteiger partial charge on any atom is -0.465 e. The van der Waals surface area contributed by atoms with E-state index < -0.39 is 12.6 Å². The molecule has 6 heteroatoms. The lowest BCUT2D eigenvalue weighted by Gasteiger charge is -2.15. The first-order valence-corrected chi connectivity index (χ1v) is 8.80. The Kier molecular flexibility index (Phi) is 12.0. The number of ether oxygens (including phenoxy) is 1. The van der Waals surface area contributed by atoms with E-state index in [1.54, 1.807) is 0 Å². The molecule has 0 aliphatic carbocycles. The summed E-state index contributed by atoms with van der Waals surface area (Å²) >= 11 is 1.44. The Morgan fingerprint density at radius 3 is 2.38 bits per heavy atom. The fourth-order valence-electron chi connectivity index (χ4n) is 1.80. The molecule has 0 saturated carbocycles. The van der Waals surface area contributed by atoms with Gasteiger partial charge in [-0.3, -0.25) is 4.79 Å². The van der Waals surface area contributed by atoms with E-state index in [0.29, 0.717) is 18.8 Å². The summed E-state index contributed by atoms with van der Waals surface area (Å²) in [4.78, 5) is 11.9. The van der Waals surface area contributed by atoms with Gasteiger partial charge in [0.15, 0.2) is 0 Å². The average molecular weight is 328 g/mol. The lowest BCUT2D eigenvalue weighted by atomic mass is 10.1. The van der Waals surface area contributed by atoms with Gasteiger partial charge in [-0.2, -0.15) is 13.2 Å². The molecule has 0 aliphatic rings. The van der Waals surface area contributed by atoms with Crippen LogP contribution < -0.4 is 0 Å². The fourth-order valence-corrected chi connectivity index (χ4v) is 2.99. The van der Waals surface area contributed by atoms with Crippen LogP contribution in [0.4, 0.5) is 13.2 Å². The molecule has 21 heavy (non-hydrogen) atoms. The predicted octanol–water partition coefficient (Wildman–Crippen LogP) is 5.35. The number of alkyl halides is 3. The van der Waals surface area contributed by atoms with Gasteiger partial charge in [0.2, 0.25) is 0 Å². The Balaban J connectivity index is 3.99. The first-order chi connectivity index (χ1) is 9.90. The van der Waals surface area contributed by atoms with Crippen LogP contribution in [-0.4, -0.2) is 29.8 Å². The second kappa shape index (κ2) is 12.2. The highest BCUT2D eigenvalue weighted by molar-refractivity contribution is 8.00. The predicted molar refractivity (Wildman–Crippen MR) is 81.5 cm³/mol. The van der Waals surface area contributed by atoms with Crippen LogP contribution >= 0.6 is 11.8 Å². The maximum Gasteiger partial charge on any atom is 0.389 e. The number of halogens is 3. The van der Waals surface area contributed by atoms with Crippen molar-refractivity contribution in [1.29, 1.82) is 0 Å². The van der Waals surface area contributed by atoms with Crippen molar-refractivity contribution >= 4 is 17.7 Å². The first-order valence-electron chi connectivity index (χ1n) is 7.75. The van der Waals surface area contributed by atoms with Crippen LogP contribution in [0.1, 0.15) is 65.2 Å². The van der Waals surface area contributed by atoms with E-state index in [-0.39, 0.29) is 17.6 Å². The van der Waals surface area contributed by atoms with Gasteiger partial charge in [0.05, 0.1) is 6.61 Å². The molecule has 0 fully saturated rings. The second-order valence-corrected chi connectivity index (χ2v) is 6.41. The van der Waals surface area contributed by atoms with Crippen molar-refractivity contribution in [3.8, 4) is 0 Å².